The number of nitrogens with zero attached hydrogens (tertiary/aromatic N) is 5. The standard InChI is InChI=1S/C21H23FN6O3S/c22-17-4-6-18(7-5-17)28-11-8-19(25-28)21(29)24-10-16-32(30,31)27-14-12-26(13-15-27)20-3-1-2-9-23-20/h1-9,11H,10,12-16H2,(H,24,29). The van der Waals surface area contributed by atoms with Crippen LogP contribution in [0, 0.1) is 5.82 Å². The summed E-state index contributed by atoms with van der Waals surface area (Å²) in [4.78, 5) is 18.7. The van der Waals surface area contributed by atoms with Gasteiger partial charge in [0, 0.05) is 45.1 Å². The summed E-state index contributed by atoms with van der Waals surface area (Å²) in [6, 6.07) is 12.9. The van der Waals surface area contributed by atoms with Gasteiger partial charge in [0.25, 0.3) is 5.91 Å². The summed E-state index contributed by atoms with van der Waals surface area (Å²) in [5.74, 6) is -0.197. The lowest BCUT2D eigenvalue weighted by Gasteiger charge is -2.34. The van der Waals surface area contributed by atoms with Gasteiger partial charge in [0.15, 0.2) is 5.69 Å². The lowest BCUT2D eigenvalue weighted by atomic mass is 10.3. The van der Waals surface area contributed by atoms with Crippen molar-refractivity contribution in [2.24, 2.45) is 0 Å². The number of carbonyl (C=O) groups is 1. The van der Waals surface area contributed by atoms with Gasteiger partial charge in [-0.1, -0.05) is 6.07 Å². The summed E-state index contributed by atoms with van der Waals surface area (Å²) in [5, 5.41) is 6.76. The smallest absolute Gasteiger partial charge is 0.271 e. The second-order valence-electron chi connectivity index (χ2n) is 7.27. The number of piperazine rings is 1. The SMILES string of the molecule is O=C(NCCS(=O)(=O)N1CCN(c2ccccn2)CC1)c1ccn(-c2ccc(F)cc2)n1. The summed E-state index contributed by atoms with van der Waals surface area (Å²) >= 11 is 0. The maximum Gasteiger partial charge on any atom is 0.271 e. The van der Waals surface area contributed by atoms with Crippen LogP contribution in [0.1, 0.15) is 10.5 Å². The third-order valence-corrected chi connectivity index (χ3v) is 7.04. The van der Waals surface area contributed by atoms with Gasteiger partial charge >= 0.3 is 0 Å². The van der Waals surface area contributed by atoms with E-state index in [0.29, 0.717) is 31.9 Å². The number of halogens is 1. The Balaban J connectivity index is 1.27. The van der Waals surface area contributed by atoms with Crippen LogP contribution >= 0.6 is 0 Å². The molecule has 3 aromatic rings. The fourth-order valence-electron chi connectivity index (χ4n) is 3.43. The number of hydrogen-bond acceptors (Lipinski definition) is 6. The largest absolute Gasteiger partial charge is 0.354 e. The van der Waals surface area contributed by atoms with Crippen molar-refractivity contribution in [3.8, 4) is 5.69 Å². The topological polar surface area (TPSA) is 100 Å². The summed E-state index contributed by atoms with van der Waals surface area (Å²) in [6.45, 7) is 1.84. The maximum absolute atomic E-state index is 13.1. The molecule has 9 nitrogen and oxygen atoms in total. The van der Waals surface area contributed by atoms with Gasteiger partial charge in [-0.2, -0.15) is 9.40 Å². The molecule has 3 heterocycles. The molecule has 1 fully saturated rings. The molecular formula is C21H23FN6O3S. The second-order valence-corrected chi connectivity index (χ2v) is 9.36. The number of hydrogen-bond donors (Lipinski definition) is 1. The van der Waals surface area contributed by atoms with Crippen LogP contribution in [-0.2, 0) is 10.0 Å². The summed E-state index contributed by atoms with van der Waals surface area (Å²) in [5.41, 5.74) is 0.758. The van der Waals surface area contributed by atoms with E-state index in [1.807, 2.05) is 23.1 Å². The van der Waals surface area contributed by atoms with Gasteiger partial charge in [0.05, 0.1) is 11.4 Å². The number of amides is 1. The van der Waals surface area contributed by atoms with Crippen molar-refractivity contribution in [3.05, 3.63) is 72.4 Å². The van der Waals surface area contributed by atoms with E-state index in [0.717, 1.165) is 5.82 Å². The zero-order chi connectivity index (χ0) is 22.6. The average molecular weight is 459 g/mol. The number of rotatable bonds is 7. The summed E-state index contributed by atoms with van der Waals surface area (Å²) in [6.07, 6.45) is 3.30. The average Bonchev–Trinajstić information content (AvgIpc) is 3.30. The van der Waals surface area contributed by atoms with E-state index in [2.05, 4.69) is 15.4 Å². The number of aromatic nitrogens is 3. The molecule has 4 rings (SSSR count). The third-order valence-electron chi connectivity index (χ3n) is 5.16. The second kappa shape index (κ2) is 9.45. The van der Waals surface area contributed by atoms with E-state index in [9.17, 15) is 17.6 Å². The Hall–Kier alpha value is -3.31. The Kier molecular flexibility index (Phi) is 6.47. The molecule has 0 spiro atoms. The van der Waals surface area contributed by atoms with Crippen LogP contribution in [0.15, 0.2) is 60.9 Å². The number of nitrogens with one attached hydrogen (secondary N) is 1. The van der Waals surface area contributed by atoms with Gasteiger partial charge in [0.1, 0.15) is 11.6 Å². The van der Waals surface area contributed by atoms with Gasteiger partial charge in [0.2, 0.25) is 10.0 Å². The molecule has 1 N–H and O–H groups in total. The molecule has 2 aromatic heterocycles. The number of benzene rings is 1. The van der Waals surface area contributed by atoms with Crippen LogP contribution in [0.3, 0.4) is 0 Å². The number of anilines is 1. The zero-order valence-electron chi connectivity index (χ0n) is 17.3. The first-order valence-corrected chi connectivity index (χ1v) is 11.8. The molecule has 0 saturated carbocycles. The lowest BCUT2D eigenvalue weighted by molar-refractivity contribution is 0.0950. The van der Waals surface area contributed by atoms with E-state index in [1.54, 1.807) is 24.5 Å². The molecule has 0 atom stereocenters. The van der Waals surface area contributed by atoms with Gasteiger partial charge in [-0.05, 0) is 42.5 Å². The van der Waals surface area contributed by atoms with Gasteiger partial charge in [-0.25, -0.2) is 22.5 Å². The van der Waals surface area contributed by atoms with Crippen molar-refractivity contribution in [1.29, 1.82) is 0 Å². The first-order chi connectivity index (χ1) is 15.4. The molecule has 32 heavy (non-hydrogen) atoms. The molecule has 0 aliphatic carbocycles. The molecule has 0 unspecified atom stereocenters. The van der Waals surface area contributed by atoms with Gasteiger partial charge < -0.3 is 10.2 Å². The molecule has 1 aromatic carbocycles. The minimum Gasteiger partial charge on any atom is -0.354 e. The monoisotopic (exact) mass is 458 g/mol. The normalized spacial score (nSPS) is 15.0. The molecule has 1 aliphatic heterocycles. The summed E-state index contributed by atoms with van der Waals surface area (Å²) in [7, 11) is -3.50. The highest BCUT2D eigenvalue weighted by Crippen LogP contribution is 2.15. The predicted octanol–water partition coefficient (Wildman–Crippen LogP) is 1.29. The van der Waals surface area contributed by atoms with Crippen molar-refractivity contribution < 1.29 is 17.6 Å². The van der Waals surface area contributed by atoms with Crippen molar-refractivity contribution in [2.75, 3.05) is 43.4 Å². The van der Waals surface area contributed by atoms with Crippen LogP contribution in [0.25, 0.3) is 5.69 Å². The fourth-order valence-corrected chi connectivity index (χ4v) is 4.77. The van der Waals surface area contributed by atoms with Crippen molar-refractivity contribution >= 4 is 21.7 Å². The molecule has 11 heteroatoms. The quantitative estimate of drug-likeness (QED) is 0.573. The highest BCUT2D eigenvalue weighted by atomic mass is 32.2. The van der Waals surface area contributed by atoms with E-state index in [-0.39, 0.29) is 23.8 Å². The van der Waals surface area contributed by atoms with E-state index >= 15 is 0 Å². The lowest BCUT2D eigenvalue weighted by Crippen LogP contribution is -2.50. The molecular weight excluding hydrogens is 435 g/mol. The van der Waals surface area contributed by atoms with E-state index < -0.39 is 15.9 Å². The first kappa shape index (κ1) is 21.9. The Morgan fingerprint density at radius 1 is 1.03 bits per heavy atom. The number of carbonyl (C=O) groups excluding carboxylic acids is 1. The van der Waals surface area contributed by atoms with Gasteiger partial charge in [-0.15, -0.1) is 0 Å². The molecule has 0 radical (unpaired) electrons. The van der Waals surface area contributed by atoms with Crippen LogP contribution < -0.4 is 10.2 Å². The Labute approximate surface area is 185 Å². The Bertz CT molecular complexity index is 1160. The van der Waals surface area contributed by atoms with Crippen LogP contribution in [0.5, 0.6) is 0 Å². The highest BCUT2D eigenvalue weighted by molar-refractivity contribution is 7.89. The van der Waals surface area contributed by atoms with Crippen molar-refractivity contribution in [2.45, 2.75) is 0 Å². The third kappa shape index (κ3) is 5.11. The first-order valence-electron chi connectivity index (χ1n) is 10.2. The molecule has 0 bridgehead atoms. The van der Waals surface area contributed by atoms with Crippen LogP contribution in [0.4, 0.5) is 10.2 Å². The minimum atomic E-state index is -3.50. The molecule has 168 valence electrons. The Morgan fingerprint density at radius 2 is 1.78 bits per heavy atom. The van der Waals surface area contributed by atoms with Crippen LogP contribution in [-0.4, -0.2) is 71.9 Å². The number of sulfonamides is 1. The maximum atomic E-state index is 13.1. The van der Waals surface area contributed by atoms with Crippen LogP contribution in [0.2, 0.25) is 0 Å². The molecule has 1 saturated heterocycles. The minimum absolute atomic E-state index is 0.0228. The highest BCUT2D eigenvalue weighted by Gasteiger charge is 2.27. The van der Waals surface area contributed by atoms with Crippen molar-refractivity contribution in [3.63, 3.8) is 0 Å². The molecule has 1 amide bonds. The number of pyridine rings is 1. The van der Waals surface area contributed by atoms with Gasteiger partial charge in [-0.3, -0.25) is 4.79 Å². The van der Waals surface area contributed by atoms with E-state index in [1.165, 1.54) is 27.2 Å². The fraction of sp³-hybridized carbons (Fsp3) is 0.286. The summed E-state index contributed by atoms with van der Waals surface area (Å²) < 4.78 is 41.3. The Morgan fingerprint density at radius 3 is 2.47 bits per heavy atom. The predicted molar refractivity (Wildman–Crippen MR) is 118 cm³/mol. The van der Waals surface area contributed by atoms with E-state index in [4.69, 9.17) is 0 Å². The molecule has 1 aliphatic rings. The zero-order valence-corrected chi connectivity index (χ0v) is 18.1. The van der Waals surface area contributed by atoms with Crippen molar-refractivity contribution in [1.82, 2.24) is 24.4 Å².